The number of sulfonamides is 1. The van der Waals surface area contributed by atoms with E-state index in [4.69, 9.17) is 0 Å². The molecule has 146 valence electrons. The Morgan fingerprint density at radius 2 is 1.71 bits per heavy atom. The first-order chi connectivity index (χ1) is 13.1. The summed E-state index contributed by atoms with van der Waals surface area (Å²) in [5.74, 6) is 0. The number of pyridine rings is 1. The van der Waals surface area contributed by atoms with Crippen LogP contribution in [-0.4, -0.2) is 13.4 Å². The molecule has 0 radical (unpaired) electrons. The largest absolute Gasteiger partial charge is 0.417 e. The number of alkyl halides is 3. The summed E-state index contributed by atoms with van der Waals surface area (Å²) in [5, 5.41) is -0.385. The van der Waals surface area contributed by atoms with Crippen LogP contribution in [-0.2, 0) is 29.0 Å². The van der Waals surface area contributed by atoms with Crippen LogP contribution >= 0.6 is 0 Å². The second kappa shape index (κ2) is 6.37. The SMILES string of the molecule is O=c1cc(C(F)(F)F)c2cc(S(=O)(=O)Nc3ccc4c(c3)CCC4)ccc2[nH]1. The standard InChI is InChI=1S/C19H15F3N2O3S/c20-19(21,22)16-10-18(25)23-17-7-6-14(9-15(16)17)28(26,27)24-13-5-4-11-2-1-3-12(11)8-13/h4-10,24H,1-3H2,(H,23,25). The minimum Gasteiger partial charge on any atom is -0.322 e. The van der Waals surface area contributed by atoms with Gasteiger partial charge in [0.25, 0.3) is 10.0 Å². The van der Waals surface area contributed by atoms with Crippen molar-refractivity contribution in [3.05, 3.63) is 69.5 Å². The number of nitrogens with one attached hydrogen (secondary N) is 2. The molecule has 1 aromatic heterocycles. The number of fused-ring (bicyclic) bond motifs is 2. The molecule has 0 fully saturated rings. The molecule has 0 atom stereocenters. The van der Waals surface area contributed by atoms with Crippen LogP contribution in [0, 0.1) is 0 Å². The van der Waals surface area contributed by atoms with Gasteiger partial charge in [0.05, 0.1) is 10.5 Å². The Balaban J connectivity index is 1.77. The third-order valence-corrected chi connectivity index (χ3v) is 6.16. The summed E-state index contributed by atoms with van der Waals surface area (Å²) in [7, 11) is -4.10. The highest BCUT2D eigenvalue weighted by molar-refractivity contribution is 7.92. The molecule has 0 amide bonds. The fourth-order valence-electron chi connectivity index (χ4n) is 3.48. The average molecular weight is 408 g/mol. The van der Waals surface area contributed by atoms with Crippen molar-refractivity contribution in [3.63, 3.8) is 0 Å². The Kier molecular flexibility index (Phi) is 4.22. The Morgan fingerprint density at radius 3 is 2.46 bits per heavy atom. The van der Waals surface area contributed by atoms with E-state index in [1.54, 1.807) is 12.1 Å². The molecule has 4 rings (SSSR count). The molecule has 9 heteroatoms. The van der Waals surface area contributed by atoms with Crippen LogP contribution in [0.15, 0.2) is 52.2 Å². The lowest BCUT2D eigenvalue weighted by molar-refractivity contribution is -0.136. The van der Waals surface area contributed by atoms with Gasteiger partial charge in [-0.3, -0.25) is 9.52 Å². The second-order valence-corrected chi connectivity index (χ2v) is 8.38. The van der Waals surface area contributed by atoms with Crippen molar-refractivity contribution < 1.29 is 21.6 Å². The van der Waals surface area contributed by atoms with Crippen molar-refractivity contribution >= 4 is 26.6 Å². The van der Waals surface area contributed by atoms with Crippen LogP contribution in [0.1, 0.15) is 23.1 Å². The van der Waals surface area contributed by atoms with Crippen molar-refractivity contribution in [2.45, 2.75) is 30.3 Å². The van der Waals surface area contributed by atoms with Gasteiger partial charge < -0.3 is 4.98 Å². The number of aromatic amines is 1. The van der Waals surface area contributed by atoms with Crippen LogP contribution in [0.3, 0.4) is 0 Å². The van der Waals surface area contributed by atoms with Gasteiger partial charge in [0, 0.05) is 22.7 Å². The second-order valence-electron chi connectivity index (χ2n) is 6.69. The summed E-state index contributed by atoms with van der Waals surface area (Å²) in [5.41, 5.74) is 0.421. The molecular formula is C19H15F3N2O3S. The fourth-order valence-corrected chi connectivity index (χ4v) is 4.56. The zero-order valence-electron chi connectivity index (χ0n) is 14.4. The van der Waals surface area contributed by atoms with Crippen LogP contribution < -0.4 is 10.3 Å². The number of H-pyrrole nitrogens is 1. The van der Waals surface area contributed by atoms with Crippen LogP contribution in [0.4, 0.5) is 18.9 Å². The van der Waals surface area contributed by atoms with E-state index in [1.165, 1.54) is 5.56 Å². The van der Waals surface area contributed by atoms with Crippen molar-refractivity contribution in [3.8, 4) is 0 Å². The summed E-state index contributed by atoms with van der Waals surface area (Å²) in [6, 6.07) is 8.90. The summed E-state index contributed by atoms with van der Waals surface area (Å²) < 4.78 is 67.7. The maximum atomic E-state index is 13.3. The number of aromatic nitrogens is 1. The van der Waals surface area contributed by atoms with Gasteiger partial charge in [0.2, 0.25) is 5.56 Å². The summed E-state index contributed by atoms with van der Waals surface area (Å²) in [4.78, 5) is 13.4. The molecule has 2 N–H and O–H groups in total. The fraction of sp³-hybridized carbons (Fsp3) is 0.211. The normalized spacial score (nSPS) is 14.2. The topological polar surface area (TPSA) is 79.0 Å². The average Bonchev–Trinajstić information content (AvgIpc) is 3.07. The molecule has 3 aromatic rings. The number of rotatable bonds is 3. The number of hydrogen-bond acceptors (Lipinski definition) is 3. The van der Waals surface area contributed by atoms with E-state index in [9.17, 15) is 26.4 Å². The van der Waals surface area contributed by atoms with E-state index in [2.05, 4.69) is 9.71 Å². The monoisotopic (exact) mass is 408 g/mol. The van der Waals surface area contributed by atoms with Crippen LogP contribution in [0.5, 0.6) is 0 Å². The van der Waals surface area contributed by atoms with E-state index >= 15 is 0 Å². The van der Waals surface area contributed by atoms with Crippen molar-refractivity contribution in [1.29, 1.82) is 0 Å². The number of benzene rings is 2. The third kappa shape index (κ3) is 3.37. The molecule has 0 bridgehead atoms. The summed E-state index contributed by atoms with van der Waals surface area (Å²) >= 11 is 0. The van der Waals surface area contributed by atoms with Gasteiger partial charge in [-0.05, 0) is 60.7 Å². The predicted molar refractivity (Wildman–Crippen MR) is 98.8 cm³/mol. The molecule has 28 heavy (non-hydrogen) atoms. The Bertz CT molecular complexity index is 1250. The van der Waals surface area contributed by atoms with Crippen LogP contribution in [0.2, 0.25) is 0 Å². The van der Waals surface area contributed by atoms with Gasteiger partial charge in [0.15, 0.2) is 0 Å². The van der Waals surface area contributed by atoms with Gasteiger partial charge in [-0.25, -0.2) is 8.42 Å². The highest BCUT2D eigenvalue weighted by atomic mass is 32.2. The molecule has 1 aliphatic carbocycles. The Morgan fingerprint density at radius 1 is 0.964 bits per heavy atom. The molecule has 0 saturated heterocycles. The first-order valence-corrected chi connectivity index (χ1v) is 10.0. The van der Waals surface area contributed by atoms with Gasteiger partial charge in [0.1, 0.15) is 0 Å². The summed E-state index contributed by atoms with van der Waals surface area (Å²) in [6.07, 6.45) is -1.97. The molecular weight excluding hydrogens is 393 g/mol. The highest BCUT2D eigenvalue weighted by Crippen LogP contribution is 2.34. The van der Waals surface area contributed by atoms with E-state index < -0.39 is 27.3 Å². The van der Waals surface area contributed by atoms with Gasteiger partial charge in [-0.15, -0.1) is 0 Å². The molecule has 0 unspecified atom stereocenters. The maximum Gasteiger partial charge on any atom is 0.417 e. The summed E-state index contributed by atoms with van der Waals surface area (Å²) in [6.45, 7) is 0. The van der Waals surface area contributed by atoms with Gasteiger partial charge >= 0.3 is 6.18 Å². The van der Waals surface area contributed by atoms with E-state index in [-0.39, 0.29) is 15.8 Å². The van der Waals surface area contributed by atoms with Gasteiger partial charge in [-0.2, -0.15) is 13.2 Å². The molecule has 1 heterocycles. The predicted octanol–water partition coefficient (Wildman–Crippen LogP) is 3.84. The van der Waals surface area contributed by atoms with E-state index in [0.29, 0.717) is 11.8 Å². The number of halogens is 3. The zero-order valence-corrected chi connectivity index (χ0v) is 15.2. The number of anilines is 1. The van der Waals surface area contributed by atoms with Crippen molar-refractivity contribution in [1.82, 2.24) is 4.98 Å². The minimum absolute atomic E-state index is 0.0868. The number of hydrogen-bond donors (Lipinski definition) is 2. The third-order valence-electron chi connectivity index (χ3n) is 4.78. The maximum absolute atomic E-state index is 13.3. The minimum atomic E-state index is -4.79. The van der Waals surface area contributed by atoms with E-state index in [0.717, 1.165) is 43.0 Å². The Labute approximate surface area is 158 Å². The molecule has 0 aliphatic heterocycles. The molecule has 5 nitrogen and oxygen atoms in total. The first kappa shape index (κ1) is 18.5. The van der Waals surface area contributed by atoms with E-state index in [1.807, 2.05) is 6.07 Å². The number of aryl methyl sites for hydroxylation is 2. The lowest BCUT2D eigenvalue weighted by Gasteiger charge is -2.13. The molecule has 1 aliphatic rings. The highest BCUT2D eigenvalue weighted by Gasteiger charge is 2.33. The molecule has 0 saturated carbocycles. The Hall–Kier alpha value is -2.81. The molecule has 2 aromatic carbocycles. The van der Waals surface area contributed by atoms with Crippen LogP contribution in [0.25, 0.3) is 10.9 Å². The first-order valence-electron chi connectivity index (χ1n) is 8.52. The smallest absolute Gasteiger partial charge is 0.322 e. The van der Waals surface area contributed by atoms with Gasteiger partial charge in [-0.1, -0.05) is 6.07 Å². The van der Waals surface area contributed by atoms with Crippen molar-refractivity contribution in [2.75, 3.05) is 4.72 Å². The van der Waals surface area contributed by atoms with Crippen molar-refractivity contribution in [2.24, 2.45) is 0 Å². The quantitative estimate of drug-likeness (QED) is 0.691. The lowest BCUT2D eigenvalue weighted by Crippen LogP contribution is -2.16. The zero-order chi connectivity index (χ0) is 20.1. The molecule has 0 spiro atoms. The lowest BCUT2D eigenvalue weighted by atomic mass is 10.1.